The van der Waals surface area contributed by atoms with Crippen LogP contribution in [0.2, 0.25) is 0 Å². The van der Waals surface area contributed by atoms with Gasteiger partial charge in [-0.2, -0.15) is 0 Å². The fourth-order valence-corrected chi connectivity index (χ4v) is 4.77. The van der Waals surface area contributed by atoms with Crippen molar-refractivity contribution in [1.82, 2.24) is 19.1 Å². The molecule has 0 aliphatic rings. The van der Waals surface area contributed by atoms with E-state index in [9.17, 15) is 22.8 Å². The molecule has 0 radical (unpaired) electrons. The number of aromatic nitrogens is 4. The first-order chi connectivity index (χ1) is 15.1. The van der Waals surface area contributed by atoms with Gasteiger partial charge in [-0.25, -0.2) is 23.3 Å². The number of nitrogen functional groups attached to an aromatic ring is 1. The van der Waals surface area contributed by atoms with Crippen molar-refractivity contribution in [3.8, 4) is 0 Å². The van der Waals surface area contributed by atoms with E-state index in [2.05, 4.69) is 9.97 Å². The van der Waals surface area contributed by atoms with Crippen molar-refractivity contribution in [2.75, 3.05) is 11.5 Å². The van der Waals surface area contributed by atoms with Crippen LogP contribution in [0.4, 0.5) is 5.82 Å². The minimum Gasteiger partial charge on any atom is -0.384 e. The topological polar surface area (TPSA) is 176 Å². The lowest BCUT2D eigenvalue weighted by Crippen LogP contribution is -2.36. The molecule has 0 saturated carbocycles. The van der Waals surface area contributed by atoms with Gasteiger partial charge in [0.1, 0.15) is 11.4 Å². The summed E-state index contributed by atoms with van der Waals surface area (Å²) in [6.45, 7) is 4.68. The largest absolute Gasteiger partial charge is 0.384 e. The van der Waals surface area contributed by atoms with Gasteiger partial charge in [-0.3, -0.25) is 19.1 Å². The Labute approximate surface area is 187 Å². The fraction of sp³-hybridized carbons (Fsp3) is 0.368. The number of hydrogen-bond donors (Lipinski definition) is 3. The van der Waals surface area contributed by atoms with Crippen LogP contribution in [0.5, 0.6) is 0 Å². The molecule has 2 aromatic heterocycles. The Balaban J connectivity index is 1.96. The number of nitrogens with two attached hydrogens (primary N) is 2. The van der Waals surface area contributed by atoms with E-state index < -0.39 is 27.1 Å². The van der Waals surface area contributed by atoms with Gasteiger partial charge in [0.05, 0.1) is 21.7 Å². The van der Waals surface area contributed by atoms with Crippen LogP contribution in [0.1, 0.15) is 37.0 Å². The van der Waals surface area contributed by atoms with Gasteiger partial charge in [-0.05, 0) is 31.0 Å². The van der Waals surface area contributed by atoms with Gasteiger partial charge in [0.2, 0.25) is 10.0 Å². The quantitative estimate of drug-likeness (QED) is 0.299. The fourth-order valence-electron chi connectivity index (χ4n) is 3.32. The smallest absolute Gasteiger partial charge is 0.329 e. The van der Waals surface area contributed by atoms with Gasteiger partial charge in [-0.1, -0.05) is 25.6 Å². The number of nitrogens with one attached hydrogen (secondary N) is 1. The number of carbonyl (C=O) groups is 1. The van der Waals surface area contributed by atoms with Crippen LogP contribution >= 0.6 is 11.8 Å². The van der Waals surface area contributed by atoms with Crippen LogP contribution in [0, 0.1) is 0 Å². The van der Waals surface area contributed by atoms with Crippen LogP contribution in [-0.2, 0) is 23.1 Å². The maximum absolute atomic E-state index is 12.8. The predicted molar refractivity (Wildman–Crippen MR) is 122 cm³/mol. The number of Topliss-reactive ketones (excluding diaryl/α,β-unsaturated/α-hetero) is 1. The molecule has 0 unspecified atom stereocenters. The minimum atomic E-state index is -3.88. The van der Waals surface area contributed by atoms with E-state index >= 15 is 0 Å². The first-order valence-electron chi connectivity index (χ1n) is 9.90. The van der Waals surface area contributed by atoms with Gasteiger partial charge < -0.3 is 10.3 Å². The van der Waals surface area contributed by atoms with Gasteiger partial charge in [0, 0.05) is 13.1 Å². The molecule has 5 N–H and O–H groups in total. The second-order valence-corrected chi connectivity index (χ2v) is 9.63. The first-order valence-corrected chi connectivity index (χ1v) is 12.4. The number of carbonyl (C=O) groups excluding carboxylic acids is 1. The van der Waals surface area contributed by atoms with Crippen molar-refractivity contribution in [2.45, 2.75) is 49.8 Å². The molecule has 172 valence electrons. The molecule has 0 aliphatic carbocycles. The lowest BCUT2D eigenvalue weighted by atomic mass is 10.2. The number of aromatic amines is 1. The second-order valence-electron chi connectivity index (χ2n) is 7.12. The Bertz CT molecular complexity index is 1400. The third kappa shape index (κ3) is 4.64. The summed E-state index contributed by atoms with van der Waals surface area (Å²) in [7, 11) is -3.88. The number of rotatable bonds is 9. The molecule has 32 heavy (non-hydrogen) atoms. The third-order valence-electron chi connectivity index (χ3n) is 4.76. The Morgan fingerprint density at radius 3 is 2.44 bits per heavy atom. The Hall–Kier alpha value is -2.90. The Morgan fingerprint density at radius 2 is 1.81 bits per heavy atom. The number of nitrogens with zero attached hydrogens (tertiary/aromatic N) is 3. The third-order valence-corrected chi connectivity index (χ3v) is 6.65. The molecule has 11 nitrogen and oxygen atoms in total. The summed E-state index contributed by atoms with van der Waals surface area (Å²) in [5.41, 5.74) is 5.33. The van der Waals surface area contributed by atoms with Crippen molar-refractivity contribution < 1.29 is 13.2 Å². The molecule has 3 aromatic rings. The number of thioether (sulfide) groups is 1. The molecule has 13 heteroatoms. The zero-order valence-electron chi connectivity index (χ0n) is 17.6. The highest BCUT2D eigenvalue weighted by atomic mass is 32.2. The van der Waals surface area contributed by atoms with Crippen LogP contribution in [0.15, 0.2) is 37.8 Å². The Kier molecular flexibility index (Phi) is 6.91. The highest BCUT2D eigenvalue weighted by Gasteiger charge is 2.21. The first kappa shape index (κ1) is 23.8. The number of aryl methyl sites for hydroxylation is 1. The molecule has 3 rings (SSSR count). The number of anilines is 1. The van der Waals surface area contributed by atoms with Gasteiger partial charge >= 0.3 is 5.69 Å². The summed E-state index contributed by atoms with van der Waals surface area (Å²) >= 11 is 1.10. The van der Waals surface area contributed by atoms with E-state index in [0.717, 1.165) is 18.2 Å². The molecule has 0 spiro atoms. The summed E-state index contributed by atoms with van der Waals surface area (Å²) < 4.78 is 26.3. The van der Waals surface area contributed by atoms with Crippen molar-refractivity contribution in [1.29, 1.82) is 0 Å². The van der Waals surface area contributed by atoms with Gasteiger partial charge in [0.25, 0.3) is 5.56 Å². The molecule has 0 aliphatic heterocycles. The summed E-state index contributed by atoms with van der Waals surface area (Å²) in [5.74, 6) is -0.850. The highest BCUT2D eigenvalue weighted by Crippen LogP contribution is 2.27. The molecular weight excluding hydrogens is 456 g/mol. The van der Waals surface area contributed by atoms with Crippen LogP contribution in [0.25, 0.3) is 11.0 Å². The standard InChI is InChI=1S/C19H24N6O5S2/c1-3-7-24-13-6-5-11(32(21,29)30)9-12(13)22-19(24)31-10-14(26)15-16(20)25(8-4-2)18(28)23-17(15)27/h5-6,9H,3-4,7-8,10,20H2,1-2H3,(H2,21,29,30)(H,23,27,28). The average molecular weight is 481 g/mol. The number of imidazole rings is 1. The van der Waals surface area contributed by atoms with E-state index in [4.69, 9.17) is 10.9 Å². The number of sulfonamides is 1. The van der Waals surface area contributed by atoms with E-state index in [1.54, 1.807) is 6.07 Å². The summed E-state index contributed by atoms with van der Waals surface area (Å²) in [6, 6.07) is 4.40. The summed E-state index contributed by atoms with van der Waals surface area (Å²) in [4.78, 5) is 43.6. The minimum absolute atomic E-state index is 0.0590. The van der Waals surface area contributed by atoms with Crippen LogP contribution < -0.4 is 22.1 Å². The number of hydrogen-bond acceptors (Lipinski definition) is 8. The lowest BCUT2D eigenvalue weighted by molar-refractivity contribution is 0.102. The molecule has 0 bridgehead atoms. The molecule has 1 aromatic carbocycles. The maximum atomic E-state index is 12.8. The van der Waals surface area contributed by atoms with Gasteiger partial charge in [-0.15, -0.1) is 0 Å². The van der Waals surface area contributed by atoms with E-state index in [1.807, 2.05) is 18.4 Å². The van der Waals surface area contributed by atoms with Crippen molar-refractivity contribution in [3.05, 3.63) is 44.6 Å². The lowest BCUT2D eigenvalue weighted by Gasteiger charge is -2.11. The van der Waals surface area contributed by atoms with Crippen molar-refractivity contribution in [2.24, 2.45) is 5.14 Å². The molecule has 0 atom stereocenters. The Morgan fingerprint density at radius 1 is 1.16 bits per heavy atom. The molecule has 0 fully saturated rings. The normalized spacial score (nSPS) is 11.8. The summed E-state index contributed by atoms with van der Waals surface area (Å²) in [5, 5.41) is 5.69. The SMILES string of the molecule is CCCn1c(N)c(C(=O)CSc2nc3cc(S(N)(=O)=O)ccc3n2CCC)c(=O)[nH]c1=O. The zero-order chi connectivity index (χ0) is 23.6. The predicted octanol–water partition coefficient (Wildman–Crippen LogP) is 0.911. The average Bonchev–Trinajstić information content (AvgIpc) is 3.06. The maximum Gasteiger partial charge on any atom is 0.329 e. The zero-order valence-corrected chi connectivity index (χ0v) is 19.3. The molecular formula is C19H24N6O5S2. The van der Waals surface area contributed by atoms with Crippen LogP contribution in [0.3, 0.4) is 0 Å². The van der Waals surface area contributed by atoms with Crippen LogP contribution in [-0.4, -0.2) is 39.1 Å². The van der Waals surface area contributed by atoms with E-state index in [0.29, 0.717) is 29.2 Å². The number of H-pyrrole nitrogens is 1. The molecule has 2 heterocycles. The number of fused-ring (bicyclic) bond motifs is 1. The van der Waals surface area contributed by atoms with E-state index in [1.165, 1.54) is 16.7 Å². The molecule has 0 saturated heterocycles. The van der Waals surface area contributed by atoms with Crippen molar-refractivity contribution in [3.63, 3.8) is 0 Å². The van der Waals surface area contributed by atoms with Gasteiger partial charge in [0.15, 0.2) is 10.9 Å². The number of primary sulfonamides is 1. The second kappa shape index (κ2) is 9.30. The summed E-state index contributed by atoms with van der Waals surface area (Å²) in [6.07, 6.45) is 1.37. The highest BCUT2D eigenvalue weighted by molar-refractivity contribution is 7.99. The van der Waals surface area contributed by atoms with Crippen molar-refractivity contribution >= 4 is 44.4 Å². The number of ketones is 1. The number of benzene rings is 1. The molecule has 0 amide bonds. The monoisotopic (exact) mass is 480 g/mol. The van der Waals surface area contributed by atoms with E-state index in [-0.39, 0.29) is 28.6 Å².